The molecule has 1 atom stereocenters. The van der Waals surface area contributed by atoms with E-state index in [9.17, 15) is 0 Å². The third kappa shape index (κ3) is 4.08. The van der Waals surface area contributed by atoms with Gasteiger partial charge >= 0.3 is 0 Å². The Labute approximate surface area is 163 Å². The van der Waals surface area contributed by atoms with E-state index in [4.69, 9.17) is 27.8 Å². The van der Waals surface area contributed by atoms with Crippen molar-refractivity contribution in [3.8, 4) is 5.75 Å². The Morgan fingerprint density at radius 1 is 1.27 bits per heavy atom. The van der Waals surface area contributed by atoms with E-state index in [0.29, 0.717) is 11.4 Å². The van der Waals surface area contributed by atoms with Crippen molar-refractivity contribution < 1.29 is 4.74 Å². The number of benzene rings is 1. The van der Waals surface area contributed by atoms with Crippen LogP contribution in [0.2, 0.25) is 5.02 Å². The van der Waals surface area contributed by atoms with Crippen molar-refractivity contribution in [3.05, 3.63) is 57.9 Å². The lowest BCUT2D eigenvalue weighted by Gasteiger charge is -2.27. The van der Waals surface area contributed by atoms with E-state index in [1.807, 2.05) is 37.4 Å². The van der Waals surface area contributed by atoms with Gasteiger partial charge in [-0.2, -0.15) is 5.10 Å². The summed E-state index contributed by atoms with van der Waals surface area (Å²) in [5.74, 6) is 0.855. The summed E-state index contributed by atoms with van der Waals surface area (Å²) in [5, 5.41) is 8.80. The fraction of sp³-hybridized carbons (Fsp3) is 0.278. The largest absolute Gasteiger partial charge is 0.496 e. The second kappa shape index (κ2) is 8.38. The number of nitrogens with zero attached hydrogens (tertiary/aromatic N) is 3. The monoisotopic (exact) mass is 393 g/mol. The quantitative estimate of drug-likeness (QED) is 0.475. The number of aryl methyl sites for hydroxylation is 1. The second-order valence-corrected chi connectivity index (χ2v) is 6.45. The van der Waals surface area contributed by atoms with Gasteiger partial charge in [-0.15, -0.1) is 17.5 Å². The minimum absolute atomic E-state index is 0. The summed E-state index contributed by atoms with van der Waals surface area (Å²) in [4.78, 5) is 4.55. The first-order valence-electron chi connectivity index (χ1n) is 7.93. The molecule has 0 fully saturated rings. The number of guanidine groups is 1. The SMILES string of the molecule is COc1ccc(Cl)cc1C1CC(=NN=C(N)N)c2c(C)ccnc2C1.Cl. The molecule has 0 spiro atoms. The van der Waals surface area contributed by atoms with Crippen molar-refractivity contribution in [2.75, 3.05) is 7.11 Å². The Hall–Kier alpha value is -2.31. The minimum Gasteiger partial charge on any atom is -0.496 e. The molecule has 1 aliphatic rings. The van der Waals surface area contributed by atoms with Gasteiger partial charge in [-0.25, -0.2) is 0 Å². The Morgan fingerprint density at radius 3 is 2.73 bits per heavy atom. The molecule has 0 saturated carbocycles. The van der Waals surface area contributed by atoms with Gasteiger partial charge in [0.1, 0.15) is 5.75 Å². The summed E-state index contributed by atoms with van der Waals surface area (Å²) < 4.78 is 5.51. The highest BCUT2D eigenvalue weighted by Crippen LogP contribution is 2.38. The Morgan fingerprint density at radius 2 is 2.04 bits per heavy atom. The summed E-state index contributed by atoms with van der Waals surface area (Å²) in [7, 11) is 1.65. The molecule has 3 rings (SSSR count). The van der Waals surface area contributed by atoms with Crippen molar-refractivity contribution in [3.63, 3.8) is 0 Å². The Kier molecular flexibility index (Phi) is 6.45. The van der Waals surface area contributed by atoms with E-state index in [-0.39, 0.29) is 24.3 Å². The van der Waals surface area contributed by atoms with Gasteiger partial charge in [0.15, 0.2) is 0 Å². The van der Waals surface area contributed by atoms with Crippen LogP contribution >= 0.6 is 24.0 Å². The van der Waals surface area contributed by atoms with Gasteiger partial charge < -0.3 is 16.2 Å². The molecule has 0 radical (unpaired) electrons. The van der Waals surface area contributed by atoms with Crippen molar-refractivity contribution >= 4 is 35.7 Å². The average Bonchev–Trinajstić information content (AvgIpc) is 2.59. The van der Waals surface area contributed by atoms with Gasteiger partial charge in [0, 0.05) is 16.8 Å². The lowest BCUT2D eigenvalue weighted by atomic mass is 9.79. The minimum atomic E-state index is -0.0712. The molecular weight excluding hydrogens is 373 g/mol. The van der Waals surface area contributed by atoms with Crippen LogP contribution < -0.4 is 16.2 Å². The molecular formula is C18H21Cl2N5O. The smallest absolute Gasteiger partial charge is 0.211 e. The van der Waals surface area contributed by atoms with Crippen LogP contribution in [0.15, 0.2) is 40.7 Å². The van der Waals surface area contributed by atoms with E-state index < -0.39 is 0 Å². The molecule has 1 heterocycles. The van der Waals surface area contributed by atoms with Crippen LogP contribution in [0.25, 0.3) is 0 Å². The summed E-state index contributed by atoms with van der Waals surface area (Å²) >= 11 is 6.20. The Bertz CT molecular complexity index is 863. The van der Waals surface area contributed by atoms with Crippen LogP contribution in [-0.4, -0.2) is 23.8 Å². The number of halogens is 2. The van der Waals surface area contributed by atoms with Crippen LogP contribution in [0.4, 0.5) is 0 Å². The number of fused-ring (bicyclic) bond motifs is 1. The van der Waals surface area contributed by atoms with E-state index in [1.165, 1.54) is 0 Å². The molecule has 8 heteroatoms. The first-order valence-corrected chi connectivity index (χ1v) is 8.31. The first kappa shape index (κ1) is 20.0. The van der Waals surface area contributed by atoms with Crippen LogP contribution in [0, 0.1) is 6.92 Å². The highest BCUT2D eigenvalue weighted by molar-refractivity contribution is 6.30. The number of rotatable bonds is 3. The number of nitrogens with two attached hydrogens (primary N) is 2. The maximum atomic E-state index is 6.20. The highest BCUT2D eigenvalue weighted by atomic mass is 35.5. The fourth-order valence-electron chi connectivity index (χ4n) is 3.26. The van der Waals surface area contributed by atoms with Gasteiger partial charge in [-0.1, -0.05) is 11.6 Å². The van der Waals surface area contributed by atoms with E-state index >= 15 is 0 Å². The molecule has 1 aromatic carbocycles. The van der Waals surface area contributed by atoms with Crippen molar-refractivity contribution in [1.29, 1.82) is 0 Å². The molecule has 1 unspecified atom stereocenters. The number of aromatic nitrogens is 1. The van der Waals surface area contributed by atoms with Gasteiger partial charge in [-0.3, -0.25) is 4.98 Å². The first-order chi connectivity index (χ1) is 12.0. The van der Waals surface area contributed by atoms with E-state index in [0.717, 1.165) is 40.3 Å². The summed E-state index contributed by atoms with van der Waals surface area (Å²) in [6.07, 6.45) is 3.26. The zero-order chi connectivity index (χ0) is 18.0. The molecule has 138 valence electrons. The molecule has 0 aliphatic heterocycles. The summed E-state index contributed by atoms with van der Waals surface area (Å²) in [6, 6.07) is 7.59. The number of pyridine rings is 1. The summed E-state index contributed by atoms with van der Waals surface area (Å²) in [5.41, 5.74) is 15.8. The zero-order valence-electron chi connectivity index (χ0n) is 14.6. The predicted molar refractivity (Wildman–Crippen MR) is 108 cm³/mol. The van der Waals surface area contributed by atoms with Crippen LogP contribution in [0.3, 0.4) is 0 Å². The molecule has 4 N–H and O–H groups in total. The van der Waals surface area contributed by atoms with Crippen molar-refractivity contribution in [2.24, 2.45) is 21.7 Å². The summed E-state index contributed by atoms with van der Waals surface area (Å²) in [6.45, 7) is 2.03. The number of methoxy groups -OCH3 is 1. The maximum Gasteiger partial charge on any atom is 0.211 e. The second-order valence-electron chi connectivity index (χ2n) is 6.01. The van der Waals surface area contributed by atoms with Crippen LogP contribution in [0.5, 0.6) is 5.75 Å². The maximum absolute atomic E-state index is 6.20. The number of ether oxygens (including phenoxy) is 1. The van der Waals surface area contributed by atoms with Crippen LogP contribution in [-0.2, 0) is 6.42 Å². The normalized spacial score (nSPS) is 17.2. The number of hydrogen-bond acceptors (Lipinski definition) is 4. The predicted octanol–water partition coefficient (Wildman–Crippen LogP) is 3.18. The Balaban J connectivity index is 0.00000243. The van der Waals surface area contributed by atoms with Gasteiger partial charge in [0.05, 0.1) is 18.5 Å². The van der Waals surface area contributed by atoms with E-state index in [1.54, 1.807) is 7.11 Å². The molecule has 6 nitrogen and oxygen atoms in total. The molecule has 1 aromatic heterocycles. The number of hydrogen-bond donors (Lipinski definition) is 2. The molecule has 1 aliphatic carbocycles. The average molecular weight is 394 g/mol. The van der Waals surface area contributed by atoms with Gasteiger partial charge in [0.2, 0.25) is 5.96 Å². The van der Waals surface area contributed by atoms with Gasteiger partial charge in [0.25, 0.3) is 0 Å². The third-order valence-corrected chi connectivity index (χ3v) is 4.56. The molecule has 2 aromatic rings. The lowest BCUT2D eigenvalue weighted by molar-refractivity contribution is 0.405. The molecule has 0 amide bonds. The third-order valence-electron chi connectivity index (χ3n) is 4.32. The fourth-order valence-corrected chi connectivity index (χ4v) is 3.44. The van der Waals surface area contributed by atoms with E-state index in [2.05, 4.69) is 15.2 Å². The highest BCUT2D eigenvalue weighted by Gasteiger charge is 2.29. The molecule has 0 bridgehead atoms. The zero-order valence-corrected chi connectivity index (χ0v) is 16.1. The topological polar surface area (TPSA) is 98.9 Å². The lowest BCUT2D eigenvalue weighted by Crippen LogP contribution is -2.24. The van der Waals surface area contributed by atoms with Gasteiger partial charge in [-0.05, 0) is 61.1 Å². The van der Waals surface area contributed by atoms with Crippen LogP contribution in [0.1, 0.15) is 34.7 Å². The molecule has 26 heavy (non-hydrogen) atoms. The van der Waals surface area contributed by atoms with Crippen molar-refractivity contribution in [2.45, 2.75) is 25.7 Å². The molecule has 0 saturated heterocycles. The van der Waals surface area contributed by atoms with Crippen molar-refractivity contribution in [1.82, 2.24) is 4.98 Å². The standard InChI is InChI=1S/C18H20ClN5O.ClH/c1-10-5-6-22-14-7-11(8-15(17(10)14)23-24-18(20)21)13-9-12(19)3-4-16(13)25-2;/h3-6,9,11H,7-8H2,1-2H3,(H4,20,21,24);1H.